The lowest BCUT2D eigenvalue weighted by Gasteiger charge is -2.32. The van der Waals surface area contributed by atoms with Crippen molar-refractivity contribution < 1.29 is 18.8 Å². The van der Waals surface area contributed by atoms with E-state index in [9.17, 15) is 4.79 Å². The molecule has 7 nitrogen and oxygen atoms in total. The second kappa shape index (κ2) is 8.88. The Kier molecular flexibility index (Phi) is 6.17. The standard InChI is InChI=1S/C24H28BN3O4/c1-23(2)24(3,4)32-25(31-23)18-10-11-20-21(14-18)28-19(15-27-20)12-13-26-22(29)30-16-17-8-6-5-7-9-17/h5-11,14-15H,12-13,16H2,1-4H3,(H,26,29). The van der Waals surface area contributed by atoms with Gasteiger partial charge in [0.25, 0.3) is 0 Å². The van der Waals surface area contributed by atoms with Gasteiger partial charge in [0.15, 0.2) is 0 Å². The molecular formula is C24H28BN3O4. The first-order valence-electron chi connectivity index (χ1n) is 10.8. The molecule has 1 saturated heterocycles. The normalized spacial score (nSPS) is 16.8. The minimum atomic E-state index is -0.453. The van der Waals surface area contributed by atoms with Crippen LogP contribution in [0.1, 0.15) is 39.0 Å². The Balaban J connectivity index is 1.35. The summed E-state index contributed by atoms with van der Waals surface area (Å²) in [6.07, 6.45) is 1.82. The van der Waals surface area contributed by atoms with Crippen LogP contribution in [0.4, 0.5) is 4.79 Å². The van der Waals surface area contributed by atoms with Crippen molar-refractivity contribution in [2.24, 2.45) is 0 Å². The van der Waals surface area contributed by atoms with Crippen LogP contribution in [0.25, 0.3) is 11.0 Å². The van der Waals surface area contributed by atoms with Crippen molar-refractivity contribution in [3.63, 3.8) is 0 Å². The number of aromatic nitrogens is 2. The van der Waals surface area contributed by atoms with Crippen molar-refractivity contribution in [2.75, 3.05) is 6.54 Å². The Morgan fingerprint density at radius 2 is 1.75 bits per heavy atom. The van der Waals surface area contributed by atoms with E-state index in [1.807, 2.05) is 76.2 Å². The van der Waals surface area contributed by atoms with E-state index >= 15 is 0 Å². The molecule has 2 aromatic carbocycles. The zero-order chi connectivity index (χ0) is 22.8. The van der Waals surface area contributed by atoms with Crippen LogP contribution in [0.15, 0.2) is 54.7 Å². The highest BCUT2D eigenvalue weighted by Gasteiger charge is 2.51. The molecule has 0 aliphatic carbocycles. The van der Waals surface area contributed by atoms with Gasteiger partial charge >= 0.3 is 13.2 Å². The molecule has 1 amide bonds. The molecule has 0 radical (unpaired) electrons. The summed E-state index contributed by atoms with van der Waals surface area (Å²) in [6, 6.07) is 15.4. The summed E-state index contributed by atoms with van der Waals surface area (Å²) >= 11 is 0. The van der Waals surface area contributed by atoms with Crippen LogP contribution in [-0.4, -0.2) is 40.9 Å². The smallest absolute Gasteiger partial charge is 0.445 e. The summed E-state index contributed by atoms with van der Waals surface area (Å²) < 4.78 is 17.5. The number of carbonyl (C=O) groups excluding carboxylic acids is 1. The molecule has 0 unspecified atom stereocenters. The maximum Gasteiger partial charge on any atom is 0.494 e. The van der Waals surface area contributed by atoms with Gasteiger partial charge in [-0.25, -0.2) is 9.78 Å². The second-order valence-electron chi connectivity index (χ2n) is 8.94. The van der Waals surface area contributed by atoms with Gasteiger partial charge < -0.3 is 19.4 Å². The van der Waals surface area contributed by atoms with E-state index in [1.54, 1.807) is 6.20 Å². The summed E-state index contributed by atoms with van der Waals surface area (Å²) in [5, 5.41) is 2.75. The summed E-state index contributed by atoms with van der Waals surface area (Å²) in [5.41, 5.74) is 3.39. The molecule has 3 aromatic rings. The van der Waals surface area contributed by atoms with Crippen LogP contribution in [-0.2, 0) is 27.1 Å². The fourth-order valence-corrected chi connectivity index (χ4v) is 3.38. The average Bonchev–Trinajstić information content (AvgIpc) is 2.99. The molecular weight excluding hydrogens is 405 g/mol. The molecule has 0 saturated carbocycles. The lowest BCUT2D eigenvalue weighted by atomic mass is 9.79. The van der Waals surface area contributed by atoms with Gasteiger partial charge in [0.05, 0.1) is 27.9 Å². The minimum Gasteiger partial charge on any atom is -0.445 e. The molecule has 166 valence electrons. The van der Waals surface area contributed by atoms with E-state index < -0.39 is 24.4 Å². The summed E-state index contributed by atoms with van der Waals surface area (Å²) in [6.45, 7) is 8.77. The van der Waals surface area contributed by atoms with Crippen LogP contribution in [0.3, 0.4) is 0 Å². The van der Waals surface area contributed by atoms with E-state index in [0.29, 0.717) is 13.0 Å². The monoisotopic (exact) mass is 433 g/mol. The van der Waals surface area contributed by atoms with Gasteiger partial charge in [0.1, 0.15) is 6.61 Å². The number of alkyl carbamates (subject to hydrolysis) is 1. The molecule has 2 heterocycles. The van der Waals surface area contributed by atoms with Gasteiger partial charge in [-0.1, -0.05) is 36.4 Å². The van der Waals surface area contributed by atoms with Crippen LogP contribution >= 0.6 is 0 Å². The average molecular weight is 433 g/mol. The molecule has 1 aromatic heterocycles. The van der Waals surface area contributed by atoms with Crippen LogP contribution in [0.5, 0.6) is 0 Å². The number of amides is 1. The molecule has 4 rings (SSSR count). The van der Waals surface area contributed by atoms with Gasteiger partial charge in [-0.2, -0.15) is 0 Å². The van der Waals surface area contributed by atoms with Crippen molar-refractivity contribution >= 4 is 29.7 Å². The van der Waals surface area contributed by atoms with E-state index in [4.69, 9.17) is 19.0 Å². The Morgan fingerprint density at radius 3 is 2.47 bits per heavy atom. The first-order valence-corrected chi connectivity index (χ1v) is 10.8. The number of rotatable bonds is 6. The third kappa shape index (κ3) is 4.92. The Labute approximate surface area is 188 Å². The first-order chi connectivity index (χ1) is 15.2. The number of fused-ring (bicyclic) bond motifs is 1. The predicted octanol–water partition coefficient (Wildman–Crippen LogP) is 3.40. The lowest BCUT2D eigenvalue weighted by molar-refractivity contribution is 0.00578. The number of carbonyl (C=O) groups is 1. The van der Waals surface area contributed by atoms with Gasteiger partial charge in [0.2, 0.25) is 0 Å². The zero-order valence-electron chi connectivity index (χ0n) is 18.9. The van der Waals surface area contributed by atoms with Gasteiger partial charge in [0, 0.05) is 19.2 Å². The largest absolute Gasteiger partial charge is 0.494 e. The first kappa shape index (κ1) is 22.2. The Morgan fingerprint density at radius 1 is 1.03 bits per heavy atom. The van der Waals surface area contributed by atoms with E-state index in [2.05, 4.69) is 10.3 Å². The number of benzene rings is 2. The Bertz CT molecular complexity index is 1090. The number of ether oxygens (including phenoxy) is 1. The van der Waals surface area contributed by atoms with Gasteiger partial charge in [-0.3, -0.25) is 4.98 Å². The summed E-state index contributed by atoms with van der Waals surface area (Å²) in [7, 11) is -0.448. The highest BCUT2D eigenvalue weighted by atomic mass is 16.7. The predicted molar refractivity (Wildman–Crippen MR) is 124 cm³/mol. The maximum absolute atomic E-state index is 11.9. The quantitative estimate of drug-likeness (QED) is 0.600. The molecule has 0 bridgehead atoms. The van der Waals surface area contributed by atoms with Crippen LogP contribution < -0.4 is 10.8 Å². The fraction of sp³-hybridized carbons (Fsp3) is 0.375. The number of nitrogens with one attached hydrogen (secondary N) is 1. The van der Waals surface area contributed by atoms with Crippen LogP contribution in [0, 0.1) is 0 Å². The SMILES string of the molecule is CC1(C)OB(c2ccc3ncc(CCNC(=O)OCc4ccccc4)nc3c2)OC1(C)C. The zero-order valence-corrected chi connectivity index (χ0v) is 18.9. The molecule has 8 heteroatoms. The number of hydrogen-bond donors (Lipinski definition) is 1. The highest BCUT2D eigenvalue weighted by molar-refractivity contribution is 6.62. The van der Waals surface area contributed by atoms with E-state index in [-0.39, 0.29) is 6.61 Å². The second-order valence-corrected chi connectivity index (χ2v) is 8.94. The molecule has 1 N–H and O–H groups in total. The molecule has 32 heavy (non-hydrogen) atoms. The Hall–Kier alpha value is -2.97. The van der Waals surface area contributed by atoms with Gasteiger partial charge in [-0.15, -0.1) is 0 Å². The van der Waals surface area contributed by atoms with Crippen LogP contribution in [0.2, 0.25) is 0 Å². The van der Waals surface area contributed by atoms with Crippen molar-refractivity contribution in [1.29, 1.82) is 0 Å². The van der Waals surface area contributed by atoms with Crippen molar-refractivity contribution in [1.82, 2.24) is 15.3 Å². The topological polar surface area (TPSA) is 82.6 Å². The maximum atomic E-state index is 11.9. The molecule has 0 atom stereocenters. The minimum absolute atomic E-state index is 0.240. The lowest BCUT2D eigenvalue weighted by Crippen LogP contribution is -2.41. The van der Waals surface area contributed by atoms with Gasteiger partial charge in [-0.05, 0) is 50.9 Å². The van der Waals surface area contributed by atoms with Crippen molar-refractivity contribution in [2.45, 2.75) is 51.9 Å². The summed E-state index contributed by atoms with van der Waals surface area (Å²) in [4.78, 5) is 21.1. The molecule has 1 aliphatic rings. The number of hydrogen-bond acceptors (Lipinski definition) is 6. The van der Waals surface area contributed by atoms with Crippen molar-refractivity contribution in [3.8, 4) is 0 Å². The molecule has 0 spiro atoms. The third-order valence-corrected chi connectivity index (χ3v) is 6.00. The summed E-state index contributed by atoms with van der Waals surface area (Å²) in [5.74, 6) is 0. The van der Waals surface area contributed by atoms with Crippen molar-refractivity contribution in [3.05, 3.63) is 66.0 Å². The molecule has 1 fully saturated rings. The fourth-order valence-electron chi connectivity index (χ4n) is 3.38. The number of nitrogens with zero attached hydrogens (tertiary/aromatic N) is 2. The van der Waals surface area contributed by atoms with E-state index in [0.717, 1.165) is 27.8 Å². The third-order valence-electron chi connectivity index (χ3n) is 6.00. The van der Waals surface area contributed by atoms with E-state index in [1.165, 1.54) is 0 Å². The molecule has 1 aliphatic heterocycles. The highest BCUT2D eigenvalue weighted by Crippen LogP contribution is 2.36.